The van der Waals surface area contributed by atoms with Gasteiger partial charge in [-0.3, -0.25) is 9.59 Å². The number of hydrogen-bond donors (Lipinski definition) is 0. The van der Waals surface area contributed by atoms with E-state index in [4.69, 9.17) is 4.74 Å². The van der Waals surface area contributed by atoms with Crippen LogP contribution in [0.25, 0.3) is 0 Å². The average molecular weight is 198 g/mol. The van der Waals surface area contributed by atoms with Crippen molar-refractivity contribution in [2.45, 2.75) is 39.0 Å². The highest BCUT2D eigenvalue weighted by atomic mass is 16.5. The first-order valence-electron chi connectivity index (χ1n) is 5.24. The van der Waals surface area contributed by atoms with E-state index in [-0.39, 0.29) is 17.8 Å². The van der Waals surface area contributed by atoms with Crippen LogP contribution in [0.15, 0.2) is 0 Å². The summed E-state index contributed by atoms with van der Waals surface area (Å²) in [5, 5.41) is 0. The van der Waals surface area contributed by atoms with Gasteiger partial charge in [0.1, 0.15) is 5.78 Å². The molecule has 0 spiro atoms. The van der Waals surface area contributed by atoms with Gasteiger partial charge in [0.2, 0.25) is 0 Å². The van der Waals surface area contributed by atoms with Crippen LogP contribution in [0.2, 0.25) is 0 Å². The van der Waals surface area contributed by atoms with Gasteiger partial charge in [0.25, 0.3) is 0 Å². The quantitative estimate of drug-likeness (QED) is 0.605. The normalized spacial score (nSPS) is 29.1. The Morgan fingerprint density at radius 2 is 2.07 bits per heavy atom. The highest BCUT2D eigenvalue weighted by molar-refractivity contribution is 5.79. The van der Waals surface area contributed by atoms with Gasteiger partial charge >= 0.3 is 5.97 Å². The zero-order valence-corrected chi connectivity index (χ0v) is 8.91. The lowest BCUT2D eigenvalue weighted by Crippen LogP contribution is -2.25. The van der Waals surface area contributed by atoms with E-state index in [1.54, 1.807) is 0 Å². The zero-order chi connectivity index (χ0) is 10.6. The molecule has 0 N–H and O–H groups in total. The largest absolute Gasteiger partial charge is 0.469 e. The number of carbonyl (C=O) groups is 2. The molecule has 14 heavy (non-hydrogen) atoms. The molecular weight excluding hydrogens is 180 g/mol. The van der Waals surface area contributed by atoms with Crippen LogP contribution in [0.1, 0.15) is 39.0 Å². The Hall–Kier alpha value is -0.860. The molecular formula is C11H18O3. The molecule has 0 aliphatic heterocycles. The Labute approximate surface area is 84.8 Å². The first-order chi connectivity index (χ1) is 6.65. The molecule has 0 aromatic rings. The van der Waals surface area contributed by atoms with E-state index in [9.17, 15) is 9.59 Å². The van der Waals surface area contributed by atoms with Crippen molar-refractivity contribution in [3.05, 3.63) is 0 Å². The van der Waals surface area contributed by atoms with Crippen LogP contribution in [0, 0.1) is 11.8 Å². The first-order valence-corrected chi connectivity index (χ1v) is 5.24. The summed E-state index contributed by atoms with van der Waals surface area (Å²) < 4.78 is 4.76. The summed E-state index contributed by atoms with van der Waals surface area (Å²) in [5.41, 5.74) is 0. The second kappa shape index (κ2) is 5.13. The van der Waals surface area contributed by atoms with E-state index in [2.05, 4.69) is 0 Å². The van der Waals surface area contributed by atoms with Gasteiger partial charge in [0.05, 0.1) is 13.0 Å². The molecule has 0 radical (unpaired) electrons. The topological polar surface area (TPSA) is 43.4 Å². The second-order valence-electron chi connectivity index (χ2n) is 4.08. The van der Waals surface area contributed by atoms with Crippen LogP contribution >= 0.6 is 0 Å². The molecule has 0 aromatic heterocycles. The summed E-state index contributed by atoms with van der Waals surface area (Å²) >= 11 is 0. The average Bonchev–Trinajstić information content (AvgIpc) is 2.17. The smallest absolute Gasteiger partial charge is 0.308 e. The fourth-order valence-corrected chi connectivity index (χ4v) is 2.02. The minimum atomic E-state index is -0.119. The molecule has 0 saturated heterocycles. The standard InChI is InChI=1S/C11H18O3/c1-8-6-7-9(12)4-3-5-10(8)11(13)14-2/h8,10H,3-7H2,1-2H3/t8-,10?/m1/s1. The molecule has 0 amide bonds. The van der Waals surface area contributed by atoms with Crippen molar-refractivity contribution < 1.29 is 14.3 Å². The molecule has 2 atom stereocenters. The number of ketones is 1. The molecule has 0 heterocycles. The maximum Gasteiger partial charge on any atom is 0.308 e. The predicted octanol–water partition coefficient (Wildman–Crippen LogP) is 1.94. The van der Waals surface area contributed by atoms with Gasteiger partial charge in [-0.1, -0.05) is 6.92 Å². The Balaban J connectivity index is 2.57. The summed E-state index contributed by atoms with van der Waals surface area (Å²) in [6, 6.07) is 0. The van der Waals surface area contributed by atoms with Crippen molar-refractivity contribution >= 4 is 11.8 Å². The van der Waals surface area contributed by atoms with Gasteiger partial charge in [0, 0.05) is 12.8 Å². The molecule has 1 unspecified atom stereocenters. The summed E-state index contributed by atoms with van der Waals surface area (Å²) in [5.74, 6) is 0.479. The molecule has 1 fully saturated rings. The lowest BCUT2D eigenvalue weighted by Gasteiger charge is -2.23. The Bertz CT molecular complexity index is 223. The van der Waals surface area contributed by atoms with Crippen LogP contribution in [-0.2, 0) is 14.3 Å². The van der Waals surface area contributed by atoms with Crippen LogP contribution in [0.3, 0.4) is 0 Å². The molecule has 3 nitrogen and oxygen atoms in total. The lowest BCUT2D eigenvalue weighted by molar-refractivity contribution is -0.148. The fourth-order valence-electron chi connectivity index (χ4n) is 2.02. The van der Waals surface area contributed by atoms with Gasteiger partial charge in [-0.05, 0) is 25.2 Å². The number of methoxy groups -OCH3 is 1. The monoisotopic (exact) mass is 198 g/mol. The van der Waals surface area contributed by atoms with Gasteiger partial charge < -0.3 is 4.74 Å². The van der Waals surface area contributed by atoms with Gasteiger partial charge in [0.15, 0.2) is 0 Å². The molecule has 80 valence electrons. The summed E-state index contributed by atoms with van der Waals surface area (Å²) in [6.07, 6.45) is 3.68. The van der Waals surface area contributed by atoms with E-state index >= 15 is 0 Å². The molecule has 0 bridgehead atoms. The molecule has 1 aliphatic carbocycles. The van der Waals surface area contributed by atoms with Crippen molar-refractivity contribution in [3.8, 4) is 0 Å². The van der Waals surface area contributed by atoms with Crippen LogP contribution in [-0.4, -0.2) is 18.9 Å². The minimum absolute atomic E-state index is 0.00639. The number of ether oxygens (including phenoxy) is 1. The van der Waals surface area contributed by atoms with Crippen LogP contribution < -0.4 is 0 Å². The third-order valence-electron chi connectivity index (χ3n) is 3.04. The van der Waals surface area contributed by atoms with Crippen molar-refractivity contribution in [2.75, 3.05) is 7.11 Å². The van der Waals surface area contributed by atoms with E-state index in [1.165, 1.54) is 7.11 Å². The van der Waals surface area contributed by atoms with Crippen LogP contribution in [0.5, 0.6) is 0 Å². The lowest BCUT2D eigenvalue weighted by atomic mass is 9.82. The second-order valence-corrected chi connectivity index (χ2v) is 4.08. The molecule has 1 rings (SSSR count). The maximum absolute atomic E-state index is 11.4. The van der Waals surface area contributed by atoms with Crippen molar-refractivity contribution in [3.63, 3.8) is 0 Å². The van der Waals surface area contributed by atoms with Gasteiger partial charge in [-0.25, -0.2) is 0 Å². The Morgan fingerprint density at radius 1 is 1.36 bits per heavy atom. The number of carbonyl (C=O) groups excluding carboxylic acids is 2. The third-order valence-corrected chi connectivity index (χ3v) is 3.04. The minimum Gasteiger partial charge on any atom is -0.469 e. The molecule has 0 aromatic carbocycles. The summed E-state index contributed by atoms with van der Waals surface area (Å²) in [4.78, 5) is 22.6. The summed E-state index contributed by atoms with van der Waals surface area (Å²) in [6.45, 7) is 2.03. The molecule has 1 aliphatic rings. The Morgan fingerprint density at radius 3 is 2.71 bits per heavy atom. The van der Waals surface area contributed by atoms with Crippen LogP contribution in [0.4, 0.5) is 0 Å². The van der Waals surface area contributed by atoms with E-state index in [1.807, 2.05) is 6.92 Å². The highest BCUT2D eigenvalue weighted by Crippen LogP contribution is 2.27. The number of Topliss-reactive ketones (excluding diaryl/α,β-unsaturated/α-hetero) is 1. The van der Waals surface area contributed by atoms with Crippen molar-refractivity contribution in [2.24, 2.45) is 11.8 Å². The zero-order valence-electron chi connectivity index (χ0n) is 8.91. The van der Waals surface area contributed by atoms with Crippen molar-refractivity contribution in [1.29, 1.82) is 0 Å². The number of esters is 1. The number of hydrogen-bond acceptors (Lipinski definition) is 3. The van der Waals surface area contributed by atoms with Gasteiger partial charge in [-0.15, -0.1) is 0 Å². The van der Waals surface area contributed by atoms with E-state index in [0.717, 1.165) is 19.3 Å². The molecule has 1 saturated carbocycles. The first kappa shape index (κ1) is 11.2. The van der Waals surface area contributed by atoms with Gasteiger partial charge in [-0.2, -0.15) is 0 Å². The SMILES string of the molecule is COC(=O)C1CCCC(=O)CC[C@H]1C. The predicted molar refractivity (Wildman–Crippen MR) is 52.8 cm³/mol. The van der Waals surface area contributed by atoms with E-state index < -0.39 is 0 Å². The number of rotatable bonds is 1. The maximum atomic E-state index is 11.4. The van der Waals surface area contributed by atoms with E-state index in [0.29, 0.717) is 18.6 Å². The summed E-state index contributed by atoms with van der Waals surface area (Å²) in [7, 11) is 1.43. The molecule has 3 heteroatoms. The third kappa shape index (κ3) is 2.82. The Kier molecular flexibility index (Phi) is 4.11. The highest BCUT2D eigenvalue weighted by Gasteiger charge is 2.27. The fraction of sp³-hybridized carbons (Fsp3) is 0.818. The van der Waals surface area contributed by atoms with Crippen molar-refractivity contribution in [1.82, 2.24) is 0 Å².